The van der Waals surface area contributed by atoms with Crippen molar-refractivity contribution in [1.29, 1.82) is 0 Å². The van der Waals surface area contributed by atoms with Crippen LogP contribution in [-0.2, 0) is 9.53 Å². The molecule has 1 atom stereocenters. The number of likely N-dealkylation sites (tertiary alicyclic amines) is 1. The number of piperidine rings is 1. The molecule has 28 heavy (non-hydrogen) atoms. The van der Waals surface area contributed by atoms with E-state index < -0.39 is 5.60 Å². The summed E-state index contributed by atoms with van der Waals surface area (Å²) < 4.78 is 11.6. The average Bonchev–Trinajstić information content (AvgIpc) is 2.71. The number of carbonyl (C=O) groups excluding carboxylic acids is 1. The Bertz CT molecular complexity index is 623. The topological polar surface area (TPSA) is 50.8 Å². The van der Waals surface area contributed by atoms with E-state index in [-0.39, 0.29) is 5.91 Å². The third-order valence-electron chi connectivity index (χ3n) is 6.59. The predicted octanol–water partition coefficient (Wildman–Crippen LogP) is 4.47. The molecule has 5 heteroatoms. The zero-order chi connectivity index (χ0) is 20.0. The summed E-state index contributed by atoms with van der Waals surface area (Å²) in [5.74, 6) is 1.48. The molecule has 1 saturated heterocycles. The van der Waals surface area contributed by atoms with Gasteiger partial charge in [-0.3, -0.25) is 9.69 Å². The van der Waals surface area contributed by atoms with Crippen molar-refractivity contribution in [2.24, 2.45) is 5.92 Å². The van der Waals surface area contributed by atoms with Gasteiger partial charge in [-0.05, 0) is 82.2 Å². The normalized spacial score (nSPS) is 28.7. The van der Waals surface area contributed by atoms with Gasteiger partial charge in [-0.15, -0.1) is 0 Å². The number of amides is 1. The number of nitrogens with zero attached hydrogens (tertiary/aromatic N) is 1. The lowest BCUT2D eigenvalue weighted by Crippen LogP contribution is -2.47. The lowest BCUT2D eigenvalue weighted by atomic mass is 9.79. The second kappa shape index (κ2) is 9.75. The average molecular weight is 389 g/mol. The number of ether oxygens (including phenoxy) is 2. The van der Waals surface area contributed by atoms with Gasteiger partial charge in [-0.2, -0.15) is 0 Å². The highest BCUT2D eigenvalue weighted by Crippen LogP contribution is 2.35. The molecule has 1 amide bonds. The standard InChI is InChI=1S/C23H36N2O3/c1-18-11-13-23(27-3,14-12-18)22(26)24-20-7-9-21(10-8-20)28-17-16-25-15-5-4-6-19(25)2/h7-10,18-19H,4-6,11-17H2,1-3H3,(H,24,26). The molecule has 1 aliphatic heterocycles. The second-order valence-corrected chi connectivity index (χ2v) is 8.59. The fourth-order valence-electron chi connectivity index (χ4n) is 4.40. The number of carbonyl (C=O) groups is 1. The molecule has 3 rings (SSSR count). The van der Waals surface area contributed by atoms with Gasteiger partial charge in [-0.1, -0.05) is 13.3 Å². The van der Waals surface area contributed by atoms with Crippen LogP contribution >= 0.6 is 0 Å². The Morgan fingerprint density at radius 1 is 1.14 bits per heavy atom. The molecule has 2 aliphatic rings. The Balaban J connectivity index is 1.48. The summed E-state index contributed by atoms with van der Waals surface area (Å²) in [5, 5.41) is 3.03. The van der Waals surface area contributed by atoms with Crippen molar-refractivity contribution in [3.8, 4) is 5.75 Å². The SMILES string of the molecule is COC1(C(=O)Nc2ccc(OCCN3CCCCC3C)cc2)CCC(C)CC1. The minimum atomic E-state index is -0.688. The van der Waals surface area contributed by atoms with Gasteiger partial charge >= 0.3 is 0 Å². The molecule has 0 bridgehead atoms. The molecule has 1 aromatic rings. The number of anilines is 1. The summed E-state index contributed by atoms with van der Waals surface area (Å²) in [5.41, 5.74) is 0.101. The Hall–Kier alpha value is -1.59. The third-order valence-corrected chi connectivity index (χ3v) is 6.59. The van der Waals surface area contributed by atoms with Crippen LogP contribution in [0.15, 0.2) is 24.3 Å². The Morgan fingerprint density at radius 2 is 1.86 bits per heavy atom. The van der Waals surface area contributed by atoms with Crippen LogP contribution < -0.4 is 10.1 Å². The fraction of sp³-hybridized carbons (Fsp3) is 0.696. The number of hydrogen-bond donors (Lipinski definition) is 1. The van der Waals surface area contributed by atoms with Crippen molar-refractivity contribution in [2.75, 3.05) is 32.1 Å². The highest BCUT2D eigenvalue weighted by atomic mass is 16.5. The van der Waals surface area contributed by atoms with E-state index in [4.69, 9.17) is 9.47 Å². The first kappa shape index (κ1) is 21.1. The monoisotopic (exact) mass is 388 g/mol. The van der Waals surface area contributed by atoms with Gasteiger partial charge in [0.05, 0.1) is 0 Å². The summed E-state index contributed by atoms with van der Waals surface area (Å²) in [7, 11) is 1.65. The van der Waals surface area contributed by atoms with Crippen LogP contribution in [0.3, 0.4) is 0 Å². The van der Waals surface area contributed by atoms with Crippen molar-refractivity contribution in [2.45, 2.75) is 70.4 Å². The van der Waals surface area contributed by atoms with Crippen LogP contribution in [0.1, 0.15) is 58.8 Å². The maximum absolute atomic E-state index is 12.8. The van der Waals surface area contributed by atoms with Crippen LogP contribution in [-0.4, -0.2) is 49.3 Å². The van der Waals surface area contributed by atoms with Crippen LogP contribution in [0.5, 0.6) is 5.75 Å². The third kappa shape index (κ3) is 5.26. The first-order chi connectivity index (χ1) is 13.5. The number of nitrogens with one attached hydrogen (secondary N) is 1. The van der Waals surface area contributed by atoms with Crippen LogP contribution in [0, 0.1) is 5.92 Å². The molecular formula is C23H36N2O3. The zero-order valence-electron chi connectivity index (χ0n) is 17.7. The molecule has 0 aromatic heterocycles. The molecule has 1 unspecified atom stereocenters. The molecule has 1 heterocycles. The molecular weight excluding hydrogens is 352 g/mol. The molecule has 1 saturated carbocycles. The molecule has 0 spiro atoms. The predicted molar refractivity (Wildman–Crippen MR) is 113 cm³/mol. The fourth-order valence-corrected chi connectivity index (χ4v) is 4.40. The van der Waals surface area contributed by atoms with E-state index in [0.29, 0.717) is 18.6 Å². The molecule has 1 aliphatic carbocycles. The van der Waals surface area contributed by atoms with Crippen LogP contribution in [0.4, 0.5) is 5.69 Å². The molecule has 1 N–H and O–H groups in total. The molecule has 1 aromatic carbocycles. The minimum absolute atomic E-state index is 0.0327. The van der Waals surface area contributed by atoms with Gasteiger partial charge in [0.1, 0.15) is 18.0 Å². The maximum Gasteiger partial charge on any atom is 0.256 e. The van der Waals surface area contributed by atoms with Gasteiger partial charge < -0.3 is 14.8 Å². The summed E-state index contributed by atoms with van der Waals surface area (Å²) in [6, 6.07) is 8.33. The Kier molecular flexibility index (Phi) is 7.36. The Labute approximate surface area is 169 Å². The maximum atomic E-state index is 12.8. The summed E-state index contributed by atoms with van der Waals surface area (Å²) in [6.07, 6.45) is 7.55. The number of benzene rings is 1. The molecule has 0 radical (unpaired) electrons. The van der Waals surface area contributed by atoms with Crippen molar-refractivity contribution in [3.05, 3.63) is 24.3 Å². The van der Waals surface area contributed by atoms with Gasteiger partial charge in [0, 0.05) is 25.4 Å². The lowest BCUT2D eigenvalue weighted by molar-refractivity contribution is -0.142. The van der Waals surface area contributed by atoms with Gasteiger partial charge in [-0.25, -0.2) is 0 Å². The van der Waals surface area contributed by atoms with Crippen molar-refractivity contribution >= 4 is 11.6 Å². The zero-order valence-corrected chi connectivity index (χ0v) is 17.7. The second-order valence-electron chi connectivity index (χ2n) is 8.59. The van der Waals surface area contributed by atoms with Crippen LogP contribution in [0.2, 0.25) is 0 Å². The van der Waals surface area contributed by atoms with E-state index in [1.165, 1.54) is 25.8 Å². The summed E-state index contributed by atoms with van der Waals surface area (Å²) in [4.78, 5) is 15.3. The van der Waals surface area contributed by atoms with Crippen molar-refractivity contribution in [3.63, 3.8) is 0 Å². The van der Waals surface area contributed by atoms with E-state index in [2.05, 4.69) is 24.1 Å². The number of hydrogen-bond acceptors (Lipinski definition) is 4. The summed E-state index contributed by atoms with van der Waals surface area (Å²) in [6.45, 7) is 7.38. The highest BCUT2D eigenvalue weighted by molar-refractivity contribution is 5.97. The molecule has 2 fully saturated rings. The van der Waals surface area contributed by atoms with E-state index in [1.807, 2.05) is 24.3 Å². The highest BCUT2D eigenvalue weighted by Gasteiger charge is 2.41. The molecule has 5 nitrogen and oxygen atoms in total. The van der Waals surface area contributed by atoms with Crippen molar-refractivity contribution in [1.82, 2.24) is 4.90 Å². The largest absolute Gasteiger partial charge is 0.492 e. The number of rotatable bonds is 7. The van der Waals surface area contributed by atoms with E-state index in [1.54, 1.807) is 7.11 Å². The Morgan fingerprint density at radius 3 is 2.50 bits per heavy atom. The van der Waals surface area contributed by atoms with E-state index in [9.17, 15) is 4.79 Å². The first-order valence-corrected chi connectivity index (χ1v) is 10.9. The van der Waals surface area contributed by atoms with Crippen molar-refractivity contribution < 1.29 is 14.3 Å². The quantitative estimate of drug-likeness (QED) is 0.748. The first-order valence-electron chi connectivity index (χ1n) is 10.9. The molecule has 156 valence electrons. The van der Waals surface area contributed by atoms with E-state index >= 15 is 0 Å². The smallest absolute Gasteiger partial charge is 0.256 e. The lowest BCUT2D eigenvalue weighted by Gasteiger charge is -2.36. The number of methoxy groups -OCH3 is 1. The van der Waals surface area contributed by atoms with Gasteiger partial charge in [0.2, 0.25) is 0 Å². The van der Waals surface area contributed by atoms with Crippen LogP contribution in [0.25, 0.3) is 0 Å². The van der Waals surface area contributed by atoms with Gasteiger partial charge in [0.15, 0.2) is 0 Å². The summed E-state index contributed by atoms with van der Waals surface area (Å²) >= 11 is 0. The van der Waals surface area contributed by atoms with E-state index in [0.717, 1.165) is 43.7 Å². The van der Waals surface area contributed by atoms with Gasteiger partial charge in [0.25, 0.3) is 5.91 Å². The minimum Gasteiger partial charge on any atom is -0.492 e.